The molecule has 7 nitrogen and oxygen atoms in total. The molecule has 0 radical (unpaired) electrons. The highest BCUT2D eigenvalue weighted by Gasteiger charge is 2.63. The van der Waals surface area contributed by atoms with Gasteiger partial charge >= 0.3 is 5.97 Å². The summed E-state index contributed by atoms with van der Waals surface area (Å²) < 4.78 is 37.0. The summed E-state index contributed by atoms with van der Waals surface area (Å²) in [6.07, 6.45) is -1.08. The molecule has 5 unspecified atom stereocenters. The van der Waals surface area contributed by atoms with Crippen molar-refractivity contribution in [3.8, 4) is 11.8 Å². The maximum atomic E-state index is 15.9. The molecule has 4 rings (SSSR count). The van der Waals surface area contributed by atoms with Crippen LogP contribution in [-0.4, -0.2) is 53.6 Å². The first-order valence-corrected chi connectivity index (χ1v) is 14.3. The average molecular weight is 633 g/mol. The van der Waals surface area contributed by atoms with Crippen molar-refractivity contribution >= 4 is 34.9 Å². The minimum Gasteiger partial charge on any atom is -0.496 e. The van der Waals surface area contributed by atoms with E-state index in [9.17, 15) is 20.3 Å². The van der Waals surface area contributed by atoms with Gasteiger partial charge in [0.05, 0.1) is 24.2 Å². The van der Waals surface area contributed by atoms with Gasteiger partial charge in [0.25, 0.3) is 0 Å². The van der Waals surface area contributed by atoms with Crippen LogP contribution in [0.25, 0.3) is 0 Å². The Morgan fingerprint density at radius 2 is 1.88 bits per heavy atom. The lowest BCUT2D eigenvalue weighted by Crippen LogP contribution is -2.47. The fraction of sp³-hybridized carbons (Fsp3) is 0.375. The number of likely N-dealkylation sites (tertiary alicyclic amines) is 1. The van der Waals surface area contributed by atoms with Gasteiger partial charge in [-0.25, -0.2) is 13.6 Å². The Morgan fingerprint density at radius 3 is 2.47 bits per heavy atom. The zero-order valence-corrected chi connectivity index (χ0v) is 25.8. The van der Waals surface area contributed by atoms with Crippen molar-refractivity contribution in [3.63, 3.8) is 0 Å². The highest BCUT2D eigenvalue weighted by molar-refractivity contribution is 6.31. The summed E-state index contributed by atoms with van der Waals surface area (Å²) in [7, 11) is 3.03. The molecule has 1 saturated heterocycles. The number of likely N-dealkylation sites (N-methyl/N-ethyl adjacent to an activating group) is 1. The SMILES string of the molecule is COc1cc(NC(O)C2C(c3cccc(Cl)c3F)C(C#N)(c3ccc(Cl)cc3F)C(CC(C)(C)C)N2C)ccc1C(=O)O. The molecule has 0 bridgehead atoms. The van der Waals surface area contributed by atoms with Crippen molar-refractivity contribution in [2.75, 3.05) is 19.5 Å². The van der Waals surface area contributed by atoms with Crippen LogP contribution >= 0.6 is 23.2 Å². The van der Waals surface area contributed by atoms with E-state index in [0.29, 0.717) is 12.1 Å². The van der Waals surface area contributed by atoms with E-state index in [4.69, 9.17) is 27.9 Å². The predicted molar refractivity (Wildman–Crippen MR) is 162 cm³/mol. The fourth-order valence-electron chi connectivity index (χ4n) is 6.31. The van der Waals surface area contributed by atoms with E-state index in [1.807, 2.05) is 20.8 Å². The van der Waals surface area contributed by atoms with Crippen LogP contribution in [0.2, 0.25) is 10.0 Å². The van der Waals surface area contributed by atoms with Gasteiger partial charge in [-0.1, -0.05) is 62.2 Å². The summed E-state index contributed by atoms with van der Waals surface area (Å²) >= 11 is 12.3. The Labute approximate surface area is 259 Å². The van der Waals surface area contributed by atoms with Gasteiger partial charge in [-0.2, -0.15) is 5.26 Å². The molecule has 11 heteroatoms. The molecule has 0 aliphatic carbocycles. The number of hydrogen-bond acceptors (Lipinski definition) is 6. The summed E-state index contributed by atoms with van der Waals surface area (Å²) in [6, 6.07) is 13.3. The first kappa shape index (κ1) is 32.5. The van der Waals surface area contributed by atoms with Crippen molar-refractivity contribution in [1.82, 2.24) is 4.90 Å². The average Bonchev–Trinajstić information content (AvgIpc) is 3.16. The zero-order chi connectivity index (χ0) is 31.9. The van der Waals surface area contributed by atoms with E-state index in [1.54, 1.807) is 18.0 Å². The largest absolute Gasteiger partial charge is 0.496 e. The summed E-state index contributed by atoms with van der Waals surface area (Å²) in [5, 5.41) is 35.3. The van der Waals surface area contributed by atoms with Crippen molar-refractivity contribution in [3.05, 3.63) is 93.0 Å². The Balaban J connectivity index is 1.97. The third-order valence-corrected chi connectivity index (χ3v) is 8.60. The van der Waals surface area contributed by atoms with Gasteiger partial charge in [-0.15, -0.1) is 0 Å². The van der Waals surface area contributed by atoms with Crippen molar-refractivity contribution in [1.29, 1.82) is 5.26 Å². The van der Waals surface area contributed by atoms with Crippen LogP contribution in [0, 0.1) is 28.4 Å². The number of rotatable bonds is 8. The highest BCUT2D eigenvalue weighted by atomic mass is 35.5. The van der Waals surface area contributed by atoms with Crippen LogP contribution in [0.5, 0.6) is 5.75 Å². The third kappa shape index (κ3) is 6.02. The summed E-state index contributed by atoms with van der Waals surface area (Å²) in [6.45, 7) is 5.94. The maximum Gasteiger partial charge on any atom is 0.339 e. The monoisotopic (exact) mass is 631 g/mol. The number of nitrogens with one attached hydrogen (secondary N) is 1. The minimum atomic E-state index is -1.71. The second-order valence-electron chi connectivity index (χ2n) is 12.0. The van der Waals surface area contributed by atoms with Crippen LogP contribution in [0.4, 0.5) is 14.5 Å². The van der Waals surface area contributed by atoms with Crippen LogP contribution in [-0.2, 0) is 5.41 Å². The number of carbonyl (C=O) groups is 1. The molecule has 43 heavy (non-hydrogen) atoms. The lowest BCUT2D eigenvalue weighted by molar-refractivity contribution is 0.0693. The molecule has 1 aliphatic heterocycles. The third-order valence-electron chi connectivity index (χ3n) is 8.07. The van der Waals surface area contributed by atoms with Gasteiger partial charge in [-0.3, -0.25) is 4.90 Å². The van der Waals surface area contributed by atoms with Gasteiger partial charge < -0.3 is 20.3 Å². The standard InChI is InChI=1S/C32H33Cl2F2N3O4/c1-31(2,3)15-25-32(16-37,21-12-9-17(33)13-23(21)35)26(20-7-6-8-22(34)27(20)36)28(39(25)4)29(40)38-18-10-11-19(30(41)42)24(14-18)43-5/h6-14,25-26,28-29,38,40H,15H2,1-5H3,(H,41,42). The number of aliphatic hydroxyl groups is 1. The molecule has 1 fully saturated rings. The number of carboxylic acids is 1. The van der Waals surface area contributed by atoms with Gasteiger partial charge in [-0.05, 0) is 54.8 Å². The van der Waals surface area contributed by atoms with E-state index in [0.717, 1.165) is 6.07 Å². The Kier molecular flexibility index (Phi) is 9.29. The smallest absolute Gasteiger partial charge is 0.339 e. The first-order valence-electron chi connectivity index (χ1n) is 13.5. The summed E-state index contributed by atoms with van der Waals surface area (Å²) in [5.41, 5.74) is -1.78. The van der Waals surface area contributed by atoms with E-state index in [2.05, 4.69) is 11.4 Å². The number of nitrogens with zero attached hydrogens (tertiary/aromatic N) is 2. The number of ether oxygens (including phenoxy) is 1. The quantitative estimate of drug-likeness (QED) is 0.228. The Hall–Kier alpha value is -3.42. The zero-order valence-electron chi connectivity index (χ0n) is 24.3. The van der Waals surface area contributed by atoms with Crippen LogP contribution in [0.15, 0.2) is 54.6 Å². The highest BCUT2D eigenvalue weighted by Crippen LogP contribution is 2.56. The van der Waals surface area contributed by atoms with Gasteiger partial charge in [0, 0.05) is 34.3 Å². The first-order chi connectivity index (χ1) is 20.2. The Bertz CT molecular complexity index is 1580. The number of halogens is 4. The van der Waals surface area contributed by atoms with Crippen LogP contribution in [0.1, 0.15) is 54.6 Å². The molecule has 3 aromatic carbocycles. The van der Waals surface area contributed by atoms with Crippen molar-refractivity contribution in [2.24, 2.45) is 5.41 Å². The molecule has 1 heterocycles. The molecular formula is C32H33Cl2F2N3O4. The maximum absolute atomic E-state index is 15.9. The topological polar surface area (TPSA) is 106 Å². The summed E-state index contributed by atoms with van der Waals surface area (Å²) in [5.74, 6) is -3.78. The van der Waals surface area contributed by atoms with E-state index in [-0.39, 0.29) is 37.9 Å². The van der Waals surface area contributed by atoms with Gasteiger partial charge in [0.15, 0.2) is 0 Å². The van der Waals surface area contributed by atoms with Crippen LogP contribution in [0.3, 0.4) is 0 Å². The normalized spacial score (nSPS) is 23.0. The molecule has 1 aliphatic rings. The number of hydrogen-bond donors (Lipinski definition) is 3. The minimum absolute atomic E-state index is 0.0204. The molecule has 3 N–H and O–H groups in total. The number of nitriles is 1. The van der Waals surface area contributed by atoms with Crippen molar-refractivity contribution < 1.29 is 28.5 Å². The van der Waals surface area contributed by atoms with Gasteiger partial charge in [0.2, 0.25) is 0 Å². The molecule has 0 spiro atoms. The number of benzene rings is 3. The molecule has 0 saturated carbocycles. The number of aliphatic hydroxyl groups excluding tert-OH is 1. The molecular weight excluding hydrogens is 599 g/mol. The predicted octanol–water partition coefficient (Wildman–Crippen LogP) is 7.07. The molecule has 0 aromatic heterocycles. The molecule has 3 aromatic rings. The molecule has 0 amide bonds. The second kappa shape index (κ2) is 12.3. The van der Waals surface area contributed by atoms with Crippen molar-refractivity contribution in [2.45, 2.75) is 56.8 Å². The second-order valence-corrected chi connectivity index (χ2v) is 12.8. The van der Waals surface area contributed by atoms with E-state index < -0.39 is 47.2 Å². The summed E-state index contributed by atoms with van der Waals surface area (Å²) in [4.78, 5) is 13.4. The van der Waals surface area contributed by atoms with E-state index in [1.165, 1.54) is 49.6 Å². The van der Waals surface area contributed by atoms with Crippen LogP contribution < -0.4 is 10.1 Å². The number of aromatic carboxylic acids is 1. The lowest BCUT2D eigenvalue weighted by Gasteiger charge is -2.38. The molecule has 228 valence electrons. The Morgan fingerprint density at radius 1 is 1.19 bits per heavy atom. The lowest BCUT2D eigenvalue weighted by atomic mass is 9.62. The number of methoxy groups -OCH3 is 1. The fourth-order valence-corrected chi connectivity index (χ4v) is 6.65. The number of anilines is 1. The molecule has 5 atom stereocenters. The van der Waals surface area contributed by atoms with E-state index >= 15 is 8.78 Å². The number of carboxylic acid groups (broad SMARTS) is 1. The van der Waals surface area contributed by atoms with Gasteiger partial charge in [0.1, 0.15) is 34.6 Å².